The van der Waals surface area contributed by atoms with Gasteiger partial charge in [0, 0.05) is 44.9 Å². The first-order chi connectivity index (χ1) is 20.4. The van der Waals surface area contributed by atoms with Crippen molar-refractivity contribution in [2.45, 2.75) is 82.6 Å². The van der Waals surface area contributed by atoms with Gasteiger partial charge in [0.2, 0.25) is 0 Å². The van der Waals surface area contributed by atoms with Crippen LogP contribution in [-0.4, -0.2) is 97.9 Å². The molecule has 238 valence electrons. The standard InChI is InChI=1S/C29H40ClF3N6O4/c1-17-14-39(18(2)13-38(17)20-7-9-37(10-8-20)15-21-5-4-6-23(42-3)43-21)28-22(30)11-19(12-34-28)36-25-24(26(40)27(25)41)35-16-29(31,32)33/h11-12,17-18,20-21,23,35-36H,4-10,13-16H2,1-3H3/t17-,18+,21?,23?/m1/s1. The normalized spacial score (nSPS) is 26.6. The topological polar surface area (TPSA) is 99.3 Å². The molecule has 2 unspecified atom stereocenters. The van der Waals surface area contributed by atoms with E-state index in [1.807, 2.05) is 5.32 Å². The van der Waals surface area contributed by atoms with Gasteiger partial charge in [-0.15, -0.1) is 0 Å². The predicted molar refractivity (Wildman–Crippen MR) is 160 cm³/mol. The van der Waals surface area contributed by atoms with Crippen molar-refractivity contribution < 1.29 is 22.6 Å². The minimum absolute atomic E-state index is 0.0813. The molecule has 4 atom stereocenters. The van der Waals surface area contributed by atoms with Gasteiger partial charge < -0.3 is 29.9 Å². The summed E-state index contributed by atoms with van der Waals surface area (Å²) in [7, 11) is 1.71. The van der Waals surface area contributed by atoms with Crippen LogP contribution in [0.15, 0.2) is 21.9 Å². The van der Waals surface area contributed by atoms with E-state index in [4.69, 9.17) is 21.1 Å². The number of nitrogens with one attached hydrogen (secondary N) is 2. The molecule has 0 bridgehead atoms. The van der Waals surface area contributed by atoms with Gasteiger partial charge in [-0.3, -0.25) is 14.5 Å². The monoisotopic (exact) mass is 628 g/mol. The van der Waals surface area contributed by atoms with Gasteiger partial charge in [-0.2, -0.15) is 13.2 Å². The first kappa shape index (κ1) is 32.0. The van der Waals surface area contributed by atoms with Crippen LogP contribution in [0.25, 0.3) is 0 Å². The Balaban J connectivity index is 1.15. The SMILES string of the molecule is COC1CCCC(CN2CCC(N3C[C@H](C)N(c4ncc(Nc5c(NCC(F)(F)F)c(=O)c5=O)cc4Cl)C[C@H]3C)CC2)O1. The zero-order valence-electron chi connectivity index (χ0n) is 24.8. The smallest absolute Gasteiger partial charge is 0.371 e. The van der Waals surface area contributed by atoms with Crippen LogP contribution >= 0.6 is 11.6 Å². The molecule has 4 heterocycles. The fraction of sp³-hybridized carbons (Fsp3) is 0.690. The van der Waals surface area contributed by atoms with Crippen molar-refractivity contribution in [3.05, 3.63) is 37.7 Å². The number of alkyl halides is 3. The second-order valence-electron chi connectivity index (χ2n) is 12.0. The quantitative estimate of drug-likeness (QED) is 0.397. The number of halogens is 4. The minimum Gasteiger partial charge on any atom is -0.371 e. The summed E-state index contributed by atoms with van der Waals surface area (Å²) in [4.78, 5) is 35.6. The molecule has 2 aromatic rings. The summed E-state index contributed by atoms with van der Waals surface area (Å²) < 4.78 is 49.2. The Labute approximate surface area is 254 Å². The Morgan fingerprint density at radius 3 is 2.47 bits per heavy atom. The van der Waals surface area contributed by atoms with Crippen molar-refractivity contribution in [3.8, 4) is 0 Å². The van der Waals surface area contributed by atoms with Crippen LogP contribution in [0.3, 0.4) is 0 Å². The molecule has 0 amide bonds. The lowest BCUT2D eigenvalue weighted by atomic mass is 9.97. The Kier molecular flexibility index (Phi) is 9.86. The third-order valence-corrected chi connectivity index (χ3v) is 9.11. The maximum absolute atomic E-state index is 12.6. The van der Waals surface area contributed by atoms with Gasteiger partial charge in [0.05, 0.1) is 23.0 Å². The molecule has 10 nitrogen and oxygen atoms in total. The molecular weight excluding hydrogens is 589 g/mol. The fourth-order valence-corrected chi connectivity index (χ4v) is 6.85. The minimum atomic E-state index is -4.53. The molecule has 1 aromatic carbocycles. The van der Waals surface area contributed by atoms with Crippen LogP contribution in [0.1, 0.15) is 46.0 Å². The Morgan fingerprint density at radius 1 is 1.07 bits per heavy atom. The highest BCUT2D eigenvalue weighted by Gasteiger charge is 2.37. The van der Waals surface area contributed by atoms with Crippen LogP contribution < -0.4 is 26.4 Å². The number of nitrogens with zero attached hydrogens (tertiary/aromatic N) is 4. The molecule has 1 aromatic heterocycles. The molecule has 2 N–H and O–H groups in total. The van der Waals surface area contributed by atoms with Gasteiger partial charge >= 0.3 is 6.18 Å². The summed E-state index contributed by atoms with van der Waals surface area (Å²) >= 11 is 6.63. The molecule has 5 rings (SSSR count). The van der Waals surface area contributed by atoms with E-state index in [1.165, 1.54) is 6.20 Å². The lowest BCUT2D eigenvalue weighted by Gasteiger charge is -2.50. The van der Waals surface area contributed by atoms with Crippen LogP contribution in [-0.2, 0) is 9.47 Å². The van der Waals surface area contributed by atoms with Gasteiger partial charge in [0.1, 0.15) is 23.7 Å². The van der Waals surface area contributed by atoms with Gasteiger partial charge in [-0.25, -0.2) is 4.98 Å². The molecular formula is C29H40ClF3N6O4. The number of anilines is 4. The molecule has 0 spiro atoms. The predicted octanol–water partition coefficient (Wildman–Crippen LogP) is 3.95. The number of rotatable bonds is 9. The molecule has 0 radical (unpaired) electrons. The van der Waals surface area contributed by atoms with E-state index in [1.54, 1.807) is 13.2 Å². The number of likely N-dealkylation sites (tertiary alicyclic amines) is 1. The number of piperidine rings is 1. The number of hydrogen-bond donors (Lipinski definition) is 2. The molecule has 3 fully saturated rings. The summed E-state index contributed by atoms with van der Waals surface area (Å²) in [6, 6.07) is 2.49. The molecule has 43 heavy (non-hydrogen) atoms. The summed E-state index contributed by atoms with van der Waals surface area (Å²) in [5.41, 5.74) is -2.21. The van der Waals surface area contributed by atoms with Gasteiger partial charge in [0.15, 0.2) is 6.29 Å². The van der Waals surface area contributed by atoms with Gasteiger partial charge in [-0.1, -0.05) is 11.6 Å². The van der Waals surface area contributed by atoms with Crippen LogP contribution in [0, 0.1) is 0 Å². The third-order valence-electron chi connectivity index (χ3n) is 8.83. The van der Waals surface area contributed by atoms with E-state index in [2.05, 4.69) is 38.8 Å². The Hall–Kier alpha value is -2.45. The molecule has 14 heteroatoms. The number of pyridine rings is 1. The maximum Gasteiger partial charge on any atom is 0.405 e. The van der Waals surface area contributed by atoms with E-state index in [0.717, 1.165) is 64.8 Å². The van der Waals surface area contributed by atoms with Crippen molar-refractivity contribution >= 4 is 34.5 Å². The summed E-state index contributed by atoms with van der Waals surface area (Å²) in [5.74, 6) is 0.600. The van der Waals surface area contributed by atoms with E-state index in [0.29, 0.717) is 22.6 Å². The highest BCUT2D eigenvalue weighted by atomic mass is 35.5. The lowest BCUT2D eigenvalue weighted by Crippen LogP contribution is -2.61. The summed E-state index contributed by atoms with van der Waals surface area (Å²) in [6.45, 7) is 7.59. The van der Waals surface area contributed by atoms with E-state index in [-0.39, 0.29) is 30.2 Å². The average molecular weight is 629 g/mol. The van der Waals surface area contributed by atoms with Gasteiger partial charge in [-0.05, 0) is 65.1 Å². The second kappa shape index (κ2) is 13.3. The van der Waals surface area contributed by atoms with E-state index >= 15 is 0 Å². The molecule has 3 aliphatic rings. The number of aromatic nitrogens is 1. The molecule has 3 aliphatic heterocycles. The van der Waals surface area contributed by atoms with Gasteiger partial charge in [0.25, 0.3) is 10.9 Å². The number of methoxy groups -OCH3 is 1. The van der Waals surface area contributed by atoms with Crippen molar-refractivity contribution in [1.82, 2.24) is 14.8 Å². The Bertz CT molecular complexity index is 1330. The first-order valence-electron chi connectivity index (χ1n) is 14.9. The van der Waals surface area contributed by atoms with E-state index < -0.39 is 29.3 Å². The largest absolute Gasteiger partial charge is 0.405 e. The average Bonchev–Trinajstić information content (AvgIpc) is 2.97. The fourth-order valence-electron chi connectivity index (χ4n) is 6.57. The van der Waals surface area contributed by atoms with Crippen LogP contribution in [0.2, 0.25) is 5.02 Å². The highest BCUT2D eigenvalue weighted by molar-refractivity contribution is 6.33. The summed E-state index contributed by atoms with van der Waals surface area (Å²) in [6.07, 6.45) is 2.49. The first-order valence-corrected chi connectivity index (χ1v) is 15.3. The number of piperazine rings is 1. The van der Waals surface area contributed by atoms with Crippen LogP contribution in [0.4, 0.5) is 36.1 Å². The highest BCUT2D eigenvalue weighted by Crippen LogP contribution is 2.33. The van der Waals surface area contributed by atoms with Crippen molar-refractivity contribution in [3.63, 3.8) is 0 Å². The second-order valence-corrected chi connectivity index (χ2v) is 12.4. The Morgan fingerprint density at radius 2 is 1.79 bits per heavy atom. The third kappa shape index (κ3) is 7.44. The van der Waals surface area contributed by atoms with Crippen molar-refractivity contribution in [1.29, 1.82) is 0 Å². The summed E-state index contributed by atoms with van der Waals surface area (Å²) in [5, 5.41) is 5.05. The molecule has 0 saturated carbocycles. The molecule has 3 saturated heterocycles. The zero-order valence-corrected chi connectivity index (χ0v) is 25.5. The molecule has 0 aliphatic carbocycles. The number of hydrogen-bond acceptors (Lipinski definition) is 10. The van der Waals surface area contributed by atoms with Crippen molar-refractivity contribution in [2.24, 2.45) is 0 Å². The zero-order chi connectivity index (χ0) is 30.9. The van der Waals surface area contributed by atoms with E-state index in [9.17, 15) is 22.8 Å². The van der Waals surface area contributed by atoms with Crippen molar-refractivity contribution in [2.75, 3.05) is 61.9 Å². The maximum atomic E-state index is 12.6. The number of ether oxygens (including phenoxy) is 2. The lowest BCUT2D eigenvalue weighted by molar-refractivity contribution is -0.184. The van der Waals surface area contributed by atoms with Crippen LogP contribution in [0.5, 0.6) is 0 Å².